The summed E-state index contributed by atoms with van der Waals surface area (Å²) < 4.78 is 42.2. The Bertz CT molecular complexity index is 1130. The monoisotopic (exact) mass is 448 g/mol. The third-order valence-electron chi connectivity index (χ3n) is 4.42. The zero-order chi connectivity index (χ0) is 21.9. The van der Waals surface area contributed by atoms with Crippen LogP contribution in [0, 0.1) is 11.7 Å². The highest BCUT2D eigenvalue weighted by molar-refractivity contribution is 7.98. The fourth-order valence-corrected chi connectivity index (χ4v) is 4.78. The summed E-state index contributed by atoms with van der Waals surface area (Å²) in [4.78, 5) is 0.251. The Morgan fingerprint density at radius 1 is 1.10 bits per heavy atom. The fourth-order valence-electron chi connectivity index (χ4n) is 2.92. The van der Waals surface area contributed by atoms with Crippen LogP contribution in [-0.4, -0.2) is 41.6 Å². The van der Waals surface area contributed by atoms with Gasteiger partial charge < -0.3 is 4.57 Å². The Hall–Kier alpha value is -2.23. The summed E-state index contributed by atoms with van der Waals surface area (Å²) in [6.07, 6.45) is 0. The normalized spacial score (nSPS) is 12.1. The summed E-state index contributed by atoms with van der Waals surface area (Å²) in [5.74, 6) is 0.991. The summed E-state index contributed by atoms with van der Waals surface area (Å²) in [6.45, 7) is 4.80. The summed E-state index contributed by atoms with van der Waals surface area (Å²) in [5.41, 5.74) is 1.27. The van der Waals surface area contributed by atoms with E-state index < -0.39 is 10.0 Å². The number of halogens is 1. The molecule has 160 valence electrons. The zero-order valence-corrected chi connectivity index (χ0v) is 19.0. The number of benzene rings is 2. The summed E-state index contributed by atoms with van der Waals surface area (Å²) in [6, 6.07) is 13.4. The first-order chi connectivity index (χ1) is 14.2. The molecule has 3 aromatic rings. The van der Waals surface area contributed by atoms with E-state index in [0.29, 0.717) is 34.8 Å². The topological polar surface area (TPSA) is 68.1 Å². The van der Waals surface area contributed by atoms with Crippen LogP contribution in [0.15, 0.2) is 58.6 Å². The molecule has 0 bridgehead atoms. The number of aromatic nitrogens is 3. The fraction of sp³-hybridized carbons (Fsp3) is 0.333. The maximum absolute atomic E-state index is 14.3. The van der Waals surface area contributed by atoms with Crippen LogP contribution in [0.5, 0.6) is 0 Å². The predicted molar refractivity (Wildman–Crippen MR) is 117 cm³/mol. The van der Waals surface area contributed by atoms with Gasteiger partial charge in [-0.05, 0) is 35.7 Å². The van der Waals surface area contributed by atoms with Crippen molar-refractivity contribution in [3.8, 4) is 11.4 Å². The molecule has 0 aliphatic rings. The third-order valence-corrected chi connectivity index (χ3v) is 7.27. The molecule has 1 heterocycles. The molecule has 0 atom stereocenters. The first-order valence-corrected chi connectivity index (χ1v) is 11.9. The Balaban J connectivity index is 1.89. The molecular formula is C21H25FN4O2S2. The van der Waals surface area contributed by atoms with Crippen molar-refractivity contribution in [2.75, 3.05) is 14.1 Å². The largest absolute Gasteiger partial charge is 0.302 e. The van der Waals surface area contributed by atoms with Crippen molar-refractivity contribution in [3.63, 3.8) is 0 Å². The molecule has 0 radical (unpaired) electrons. The molecule has 1 aromatic heterocycles. The average molecular weight is 449 g/mol. The quantitative estimate of drug-likeness (QED) is 0.481. The van der Waals surface area contributed by atoms with Gasteiger partial charge in [0.2, 0.25) is 10.0 Å². The van der Waals surface area contributed by atoms with Gasteiger partial charge in [-0.1, -0.05) is 49.9 Å². The maximum Gasteiger partial charge on any atom is 0.242 e. The van der Waals surface area contributed by atoms with Crippen LogP contribution in [0.4, 0.5) is 4.39 Å². The summed E-state index contributed by atoms with van der Waals surface area (Å²) >= 11 is 1.45. The lowest BCUT2D eigenvalue weighted by Crippen LogP contribution is -2.22. The van der Waals surface area contributed by atoms with Crippen molar-refractivity contribution in [1.82, 2.24) is 19.1 Å². The minimum atomic E-state index is -3.49. The number of hydrogen-bond acceptors (Lipinski definition) is 5. The molecule has 0 amide bonds. The third kappa shape index (κ3) is 4.91. The van der Waals surface area contributed by atoms with E-state index in [1.165, 1.54) is 36.2 Å². The lowest BCUT2D eigenvalue weighted by atomic mass is 10.2. The van der Waals surface area contributed by atoms with Crippen molar-refractivity contribution < 1.29 is 12.8 Å². The van der Waals surface area contributed by atoms with Gasteiger partial charge in [0.15, 0.2) is 11.0 Å². The molecule has 0 aliphatic heterocycles. The van der Waals surface area contributed by atoms with Gasteiger partial charge >= 0.3 is 0 Å². The molecule has 0 N–H and O–H groups in total. The highest BCUT2D eigenvalue weighted by atomic mass is 32.2. The minimum Gasteiger partial charge on any atom is -0.302 e. The molecular weight excluding hydrogens is 423 g/mol. The molecule has 0 unspecified atom stereocenters. The highest BCUT2D eigenvalue weighted by Crippen LogP contribution is 2.29. The second-order valence-electron chi connectivity index (χ2n) is 7.51. The van der Waals surface area contributed by atoms with Crippen molar-refractivity contribution in [1.29, 1.82) is 0 Å². The lowest BCUT2D eigenvalue weighted by Gasteiger charge is -2.14. The standard InChI is InChI=1S/C21H25FN4O2S2/c1-15(2)13-26-20(18-10-5-6-11-19(18)22)23-24-21(26)29-14-16-8-7-9-17(12-16)30(27,28)25(3)4/h5-12,15H,13-14H2,1-4H3. The molecule has 30 heavy (non-hydrogen) atoms. The van der Waals surface area contributed by atoms with Crippen LogP contribution in [0.25, 0.3) is 11.4 Å². The molecule has 2 aromatic carbocycles. The van der Waals surface area contributed by atoms with Crippen molar-refractivity contribution in [3.05, 3.63) is 59.9 Å². The molecule has 3 rings (SSSR count). The molecule has 6 nitrogen and oxygen atoms in total. The number of rotatable bonds is 8. The van der Waals surface area contributed by atoms with Crippen molar-refractivity contribution in [2.24, 2.45) is 5.92 Å². The lowest BCUT2D eigenvalue weighted by molar-refractivity contribution is 0.496. The zero-order valence-electron chi connectivity index (χ0n) is 17.4. The van der Waals surface area contributed by atoms with Gasteiger partial charge in [0.05, 0.1) is 10.5 Å². The van der Waals surface area contributed by atoms with Gasteiger partial charge in [0.25, 0.3) is 0 Å². The van der Waals surface area contributed by atoms with Crippen LogP contribution in [0.2, 0.25) is 0 Å². The van der Waals surface area contributed by atoms with Crippen LogP contribution < -0.4 is 0 Å². The van der Waals surface area contributed by atoms with E-state index in [-0.39, 0.29) is 10.7 Å². The Morgan fingerprint density at radius 2 is 1.83 bits per heavy atom. The van der Waals surface area contributed by atoms with E-state index in [0.717, 1.165) is 5.56 Å². The van der Waals surface area contributed by atoms with E-state index in [1.54, 1.807) is 36.4 Å². The second kappa shape index (κ2) is 9.28. The first kappa shape index (κ1) is 22.5. The molecule has 0 saturated heterocycles. The summed E-state index contributed by atoms with van der Waals surface area (Å²) in [7, 11) is -0.475. The average Bonchev–Trinajstić information content (AvgIpc) is 3.08. The van der Waals surface area contributed by atoms with E-state index in [4.69, 9.17) is 0 Å². The smallest absolute Gasteiger partial charge is 0.242 e. The molecule has 9 heteroatoms. The van der Waals surface area contributed by atoms with Gasteiger partial charge in [0, 0.05) is 26.4 Å². The van der Waals surface area contributed by atoms with Gasteiger partial charge in [-0.2, -0.15) is 0 Å². The molecule has 0 aliphatic carbocycles. The van der Waals surface area contributed by atoms with Crippen molar-refractivity contribution in [2.45, 2.75) is 36.2 Å². The van der Waals surface area contributed by atoms with Gasteiger partial charge in [-0.25, -0.2) is 17.1 Å². The second-order valence-corrected chi connectivity index (χ2v) is 10.6. The predicted octanol–water partition coefficient (Wildman–Crippen LogP) is 4.28. The van der Waals surface area contributed by atoms with Crippen molar-refractivity contribution >= 4 is 21.8 Å². The van der Waals surface area contributed by atoms with E-state index >= 15 is 0 Å². The maximum atomic E-state index is 14.3. The number of nitrogens with zero attached hydrogens (tertiary/aromatic N) is 4. The number of thioether (sulfide) groups is 1. The Labute approximate surface area is 181 Å². The number of hydrogen-bond donors (Lipinski definition) is 0. The van der Waals surface area contributed by atoms with Crippen LogP contribution >= 0.6 is 11.8 Å². The van der Waals surface area contributed by atoms with E-state index in [2.05, 4.69) is 24.0 Å². The van der Waals surface area contributed by atoms with Crippen LogP contribution in [-0.2, 0) is 22.3 Å². The highest BCUT2D eigenvalue weighted by Gasteiger charge is 2.19. The minimum absolute atomic E-state index is 0.251. The van der Waals surface area contributed by atoms with Gasteiger partial charge in [-0.3, -0.25) is 0 Å². The van der Waals surface area contributed by atoms with Crippen LogP contribution in [0.3, 0.4) is 0 Å². The van der Waals surface area contributed by atoms with Crippen LogP contribution in [0.1, 0.15) is 19.4 Å². The molecule has 0 spiro atoms. The SMILES string of the molecule is CC(C)Cn1c(SCc2cccc(S(=O)(=O)N(C)C)c2)nnc1-c1ccccc1F. The Morgan fingerprint density at radius 3 is 2.50 bits per heavy atom. The number of sulfonamides is 1. The Kier molecular flexibility index (Phi) is 6.95. The summed E-state index contributed by atoms with van der Waals surface area (Å²) in [5, 5.41) is 9.20. The van der Waals surface area contributed by atoms with E-state index in [9.17, 15) is 12.8 Å². The first-order valence-electron chi connectivity index (χ1n) is 9.52. The van der Waals surface area contributed by atoms with Gasteiger partial charge in [0.1, 0.15) is 5.82 Å². The van der Waals surface area contributed by atoms with Gasteiger partial charge in [-0.15, -0.1) is 10.2 Å². The van der Waals surface area contributed by atoms with E-state index in [1.807, 2.05) is 10.6 Å². The molecule has 0 fully saturated rings. The molecule has 0 saturated carbocycles.